The molecule has 134 valence electrons. The quantitative estimate of drug-likeness (QED) is 0.642. The lowest BCUT2D eigenvalue weighted by Crippen LogP contribution is -2.59. The van der Waals surface area contributed by atoms with E-state index in [1.165, 1.54) is 6.26 Å². The second kappa shape index (κ2) is 8.01. The van der Waals surface area contributed by atoms with Crippen LogP contribution in [0.25, 0.3) is 0 Å². The maximum Gasteiger partial charge on any atom is 0.150 e. The number of sulfone groups is 1. The molecule has 2 heterocycles. The number of ether oxygens (including phenoxy) is 1. The smallest absolute Gasteiger partial charge is 0.150 e. The summed E-state index contributed by atoms with van der Waals surface area (Å²) in [4.78, 5) is 0. The van der Waals surface area contributed by atoms with Gasteiger partial charge < -0.3 is 15.4 Å². The molecule has 0 spiro atoms. The van der Waals surface area contributed by atoms with Crippen LogP contribution in [0.1, 0.15) is 25.7 Å². The van der Waals surface area contributed by atoms with Crippen LogP contribution in [-0.2, 0) is 14.6 Å². The van der Waals surface area contributed by atoms with E-state index >= 15 is 0 Å². The second-order valence-electron chi connectivity index (χ2n) is 7.01. The highest BCUT2D eigenvalue weighted by molar-refractivity contribution is 8.00. The Bertz CT molecular complexity index is 474. The molecule has 0 radical (unpaired) electrons. The van der Waals surface area contributed by atoms with Gasteiger partial charge in [0.2, 0.25) is 0 Å². The summed E-state index contributed by atoms with van der Waals surface area (Å²) in [6.45, 7) is 3.61. The van der Waals surface area contributed by atoms with Crippen molar-refractivity contribution in [2.45, 2.75) is 48.5 Å². The Morgan fingerprint density at radius 2 is 1.87 bits per heavy atom. The standard InChI is InChI=1S/C15H29N3O3S2/c1-23(19,20)13-4-2-11(3-5-13)14-7-16-8-15(18-14)21-9-12-6-17-10-22-12/h11-18H,2-10H2,1H3. The molecule has 0 aromatic carbocycles. The molecule has 0 aromatic heterocycles. The Morgan fingerprint density at radius 1 is 1.09 bits per heavy atom. The monoisotopic (exact) mass is 363 g/mol. The van der Waals surface area contributed by atoms with Crippen molar-refractivity contribution in [3.05, 3.63) is 0 Å². The number of thioether (sulfide) groups is 1. The van der Waals surface area contributed by atoms with Crippen LogP contribution in [0.15, 0.2) is 0 Å². The molecule has 3 aliphatic rings. The highest BCUT2D eigenvalue weighted by Crippen LogP contribution is 2.31. The summed E-state index contributed by atoms with van der Waals surface area (Å²) in [5.74, 6) is 1.57. The SMILES string of the molecule is CS(=O)(=O)C1CCC(C2CNCC(OCC3CNCS3)N2)CC1. The van der Waals surface area contributed by atoms with Gasteiger partial charge in [-0.3, -0.25) is 5.32 Å². The van der Waals surface area contributed by atoms with Gasteiger partial charge in [0.05, 0.1) is 11.9 Å². The molecule has 1 saturated carbocycles. The molecule has 3 atom stereocenters. The fourth-order valence-corrected chi connectivity index (χ4v) is 5.85. The molecule has 0 aromatic rings. The van der Waals surface area contributed by atoms with Crippen LogP contribution >= 0.6 is 11.8 Å². The van der Waals surface area contributed by atoms with Gasteiger partial charge >= 0.3 is 0 Å². The Hall–Kier alpha value is 0.140. The van der Waals surface area contributed by atoms with E-state index in [2.05, 4.69) is 16.0 Å². The molecule has 3 fully saturated rings. The highest BCUT2D eigenvalue weighted by Gasteiger charge is 2.34. The predicted molar refractivity (Wildman–Crippen MR) is 94.4 cm³/mol. The predicted octanol–water partition coefficient (Wildman–Crippen LogP) is 0.156. The summed E-state index contributed by atoms with van der Waals surface area (Å²) in [6.07, 6.45) is 5.04. The van der Waals surface area contributed by atoms with Crippen LogP contribution in [0.2, 0.25) is 0 Å². The Morgan fingerprint density at radius 3 is 2.52 bits per heavy atom. The van der Waals surface area contributed by atoms with Crippen molar-refractivity contribution in [3.63, 3.8) is 0 Å². The summed E-state index contributed by atoms with van der Waals surface area (Å²) >= 11 is 1.92. The third kappa shape index (κ3) is 5.06. The third-order valence-electron chi connectivity index (χ3n) is 5.26. The fourth-order valence-electron chi connectivity index (χ4n) is 3.84. The largest absolute Gasteiger partial charge is 0.361 e. The van der Waals surface area contributed by atoms with Gasteiger partial charge in [-0.15, -0.1) is 11.8 Å². The topological polar surface area (TPSA) is 79.5 Å². The van der Waals surface area contributed by atoms with E-state index in [1.807, 2.05) is 11.8 Å². The van der Waals surface area contributed by atoms with E-state index < -0.39 is 9.84 Å². The first-order chi connectivity index (χ1) is 11.0. The molecule has 3 rings (SSSR count). The minimum atomic E-state index is -2.88. The minimum Gasteiger partial charge on any atom is -0.361 e. The summed E-state index contributed by atoms with van der Waals surface area (Å²) in [5.41, 5.74) is 0. The summed E-state index contributed by atoms with van der Waals surface area (Å²) < 4.78 is 29.4. The van der Waals surface area contributed by atoms with Crippen molar-refractivity contribution in [2.24, 2.45) is 5.92 Å². The lowest BCUT2D eigenvalue weighted by Gasteiger charge is -2.39. The van der Waals surface area contributed by atoms with Gasteiger partial charge in [0.25, 0.3) is 0 Å². The van der Waals surface area contributed by atoms with E-state index in [0.717, 1.165) is 57.8 Å². The van der Waals surface area contributed by atoms with Gasteiger partial charge in [-0.1, -0.05) is 0 Å². The maximum absolute atomic E-state index is 11.7. The van der Waals surface area contributed by atoms with E-state index in [9.17, 15) is 8.42 Å². The Kier molecular flexibility index (Phi) is 6.25. The summed E-state index contributed by atoms with van der Waals surface area (Å²) in [6, 6.07) is 0.392. The van der Waals surface area contributed by atoms with Crippen molar-refractivity contribution < 1.29 is 13.2 Å². The van der Waals surface area contributed by atoms with Crippen molar-refractivity contribution in [1.29, 1.82) is 0 Å². The lowest BCUT2D eigenvalue weighted by atomic mass is 9.83. The van der Waals surface area contributed by atoms with Crippen LogP contribution in [-0.4, -0.2) is 69.6 Å². The number of hydrogen-bond acceptors (Lipinski definition) is 7. The molecule has 6 nitrogen and oxygen atoms in total. The third-order valence-corrected chi connectivity index (χ3v) is 8.09. The van der Waals surface area contributed by atoms with E-state index in [0.29, 0.717) is 17.2 Å². The summed E-state index contributed by atoms with van der Waals surface area (Å²) in [5, 5.41) is 10.9. The van der Waals surface area contributed by atoms with Gasteiger partial charge in [0.1, 0.15) is 16.1 Å². The van der Waals surface area contributed by atoms with E-state index in [-0.39, 0.29) is 11.5 Å². The number of hydrogen-bond donors (Lipinski definition) is 3. The first kappa shape index (κ1) is 17.9. The Balaban J connectivity index is 1.43. The van der Waals surface area contributed by atoms with E-state index in [1.54, 1.807) is 0 Å². The fraction of sp³-hybridized carbons (Fsp3) is 1.00. The molecule has 0 bridgehead atoms. The van der Waals surface area contributed by atoms with Gasteiger partial charge in [-0.25, -0.2) is 8.42 Å². The lowest BCUT2D eigenvalue weighted by molar-refractivity contribution is 0.000519. The zero-order chi connectivity index (χ0) is 16.3. The molecule has 2 saturated heterocycles. The van der Waals surface area contributed by atoms with Gasteiger partial charge in [0, 0.05) is 43.1 Å². The van der Waals surface area contributed by atoms with Crippen LogP contribution in [0.4, 0.5) is 0 Å². The van der Waals surface area contributed by atoms with Gasteiger partial charge in [-0.05, 0) is 31.6 Å². The molecule has 1 aliphatic carbocycles. The Labute approximate surface area is 143 Å². The van der Waals surface area contributed by atoms with Gasteiger partial charge in [-0.2, -0.15) is 0 Å². The van der Waals surface area contributed by atoms with Crippen LogP contribution in [0.3, 0.4) is 0 Å². The van der Waals surface area contributed by atoms with Crippen molar-refractivity contribution in [2.75, 3.05) is 38.4 Å². The zero-order valence-electron chi connectivity index (χ0n) is 13.8. The van der Waals surface area contributed by atoms with Crippen molar-refractivity contribution in [3.8, 4) is 0 Å². The molecule has 3 N–H and O–H groups in total. The molecule has 23 heavy (non-hydrogen) atoms. The molecule has 2 aliphatic heterocycles. The first-order valence-corrected chi connectivity index (χ1v) is 11.6. The molecular formula is C15H29N3O3S2. The molecule has 3 unspecified atom stereocenters. The molecule has 8 heteroatoms. The molecule has 0 amide bonds. The van der Waals surface area contributed by atoms with Crippen LogP contribution < -0.4 is 16.0 Å². The average Bonchev–Trinajstić information content (AvgIpc) is 3.06. The van der Waals surface area contributed by atoms with Crippen molar-refractivity contribution in [1.82, 2.24) is 16.0 Å². The maximum atomic E-state index is 11.7. The first-order valence-electron chi connectivity index (χ1n) is 8.62. The highest BCUT2D eigenvalue weighted by atomic mass is 32.2. The second-order valence-corrected chi connectivity index (χ2v) is 10.6. The number of rotatable bonds is 5. The number of nitrogens with one attached hydrogen (secondary N) is 3. The van der Waals surface area contributed by atoms with Crippen LogP contribution in [0, 0.1) is 5.92 Å². The van der Waals surface area contributed by atoms with Crippen molar-refractivity contribution >= 4 is 21.6 Å². The summed E-state index contributed by atoms with van der Waals surface area (Å²) in [7, 11) is -2.88. The zero-order valence-corrected chi connectivity index (χ0v) is 15.4. The average molecular weight is 364 g/mol. The van der Waals surface area contributed by atoms with E-state index in [4.69, 9.17) is 4.74 Å². The number of piperazine rings is 1. The van der Waals surface area contributed by atoms with Crippen LogP contribution in [0.5, 0.6) is 0 Å². The normalized spacial score (nSPS) is 39.4. The molecular weight excluding hydrogens is 334 g/mol. The minimum absolute atomic E-state index is 0.0718. The van der Waals surface area contributed by atoms with Gasteiger partial charge in [0.15, 0.2) is 0 Å².